The molecule has 6 unspecified atom stereocenters. The summed E-state index contributed by atoms with van der Waals surface area (Å²) in [5.41, 5.74) is 3.36. The van der Waals surface area contributed by atoms with Gasteiger partial charge in [0, 0.05) is 37.1 Å². The topological polar surface area (TPSA) is 93.7 Å². The van der Waals surface area contributed by atoms with Crippen molar-refractivity contribution in [1.29, 1.82) is 0 Å². The molecule has 2 aliphatic rings. The number of ether oxygens (including phenoxy) is 2. The lowest BCUT2D eigenvalue weighted by atomic mass is 9.64. The van der Waals surface area contributed by atoms with Crippen molar-refractivity contribution in [3.8, 4) is 0 Å². The van der Waals surface area contributed by atoms with Gasteiger partial charge in [-0.3, -0.25) is 9.59 Å². The van der Waals surface area contributed by atoms with E-state index in [9.17, 15) is 14.4 Å². The molecule has 240 valence electrons. The predicted molar refractivity (Wildman–Crippen MR) is 176 cm³/mol. The first kappa shape index (κ1) is 33.5. The molecule has 2 aliphatic carbocycles. The Bertz CT molecular complexity index is 1200. The highest BCUT2D eigenvalue weighted by molar-refractivity contribution is 5.89. The van der Waals surface area contributed by atoms with Crippen LogP contribution in [0.15, 0.2) is 48.5 Å². The summed E-state index contributed by atoms with van der Waals surface area (Å²) in [5.74, 6) is 1.01. The smallest absolute Gasteiger partial charge is 0.431 e. The Labute approximate surface area is 263 Å². The minimum atomic E-state index is -0.563. The van der Waals surface area contributed by atoms with E-state index in [1.165, 1.54) is 13.8 Å². The lowest BCUT2D eigenvalue weighted by molar-refractivity contribution is -0.115. The van der Waals surface area contributed by atoms with Crippen molar-refractivity contribution in [1.82, 2.24) is 0 Å². The van der Waals surface area contributed by atoms with Gasteiger partial charge in [0.25, 0.3) is 0 Å². The summed E-state index contributed by atoms with van der Waals surface area (Å²) in [6.07, 6.45) is 4.66. The molecule has 0 bridgehead atoms. The Morgan fingerprint density at radius 3 is 1.27 bits per heavy atom. The van der Waals surface area contributed by atoms with Gasteiger partial charge in [-0.05, 0) is 83.7 Å². The third-order valence-corrected chi connectivity index (χ3v) is 10.4. The van der Waals surface area contributed by atoms with Crippen LogP contribution in [0.1, 0.15) is 105 Å². The van der Waals surface area contributed by atoms with Crippen LogP contribution in [0.5, 0.6) is 0 Å². The van der Waals surface area contributed by atoms with Crippen LogP contribution in [0.25, 0.3) is 0 Å². The Kier molecular flexibility index (Phi) is 10.5. The maximum Gasteiger partial charge on any atom is 0.508 e. The Morgan fingerprint density at radius 1 is 0.614 bits per heavy atom. The van der Waals surface area contributed by atoms with Crippen LogP contribution < -0.4 is 10.6 Å². The van der Waals surface area contributed by atoms with Crippen molar-refractivity contribution < 1.29 is 23.9 Å². The van der Waals surface area contributed by atoms with E-state index in [4.69, 9.17) is 9.47 Å². The van der Waals surface area contributed by atoms with Crippen LogP contribution in [-0.2, 0) is 29.9 Å². The molecule has 0 spiro atoms. The molecule has 0 radical (unpaired) electrons. The fourth-order valence-electron chi connectivity index (χ4n) is 7.64. The van der Waals surface area contributed by atoms with Crippen LogP contribution in [0.3, 0.4) is 0 Å². The first-order chi connectivity index (χ1) is 20.7. The van der Waals surface area contributed by atoms with Gasteiger partial charge in [-0.2, -0.15) is 0 Å². The number of hydrogen-bond donors (Lipinski definition) is 2. The molecule has 2 fully saturated rings. The molecule has 0 aromatic heterocycles. The normalized spacial score (nSPS) is 25.9. The molecule has 2 aromatic carbocycles. The maximum atomic E-state index is 13.6. The molecule has 0 saturated heterocycles. The van der Waals surface area contributed by atoms with Crippen molar-refractivity contribution in [3.05, 3.63) is 59.7 Å². The number of carbonyl (C=O) groups excluding carboxylic acids is 3. The van der Waals surface area contributed by atoms with Gasteiger partial charge < -0.3 is 20.1 Å². The largest absolute Gasteiger partial charge is 0.508 e. The van der Waals surface area contributed by atoms with E-state index in [1.807, 2.05) is 24.3 Å². The average molecular weight is 605 g/mol. The molecule has 2 aromatic rings. The SMILES string of the molecule is CC(=O)Nc1ccc(C(C)(C)C2CCC(C)CC2OC(=O)OC2CC(C)CCC2C(C)(C)c2ccc(NC(C)=O)cc2)cc1. The first-order valence-corrected chi connectivity index (χ1v) is 16.3. The molecule has 6 atom stereocenters. The second kappa shape index (κ2) is 13.7. The highest BCUT2D eigenvalue weighted by Gasteiger charge is 2.45. The zero-order valence-electron chi connectivity index (χ0n) is 27.9. The van der Waals surface area contributed by atoms with Crippen molar-refractivity contribution in [2.75, 3.05) is 10.6 Å². The monoisotopic (exact) mass is 604 g/mol. The summed E-state index contributed by atoms with van der Waals surface area (Å²) in [4.78, 5) is 36.6. The fraction of sp³-hybridized carbons (Fsp3) is 0.595. The second-order valence-corrected chi connectivity index (χ2v) is 14.6. The summed E-state index contributed by atoms with van der Waals surface area (Å²) >= 11 is 0. The standard InChI is InChI=1S/C37H52N2O5/c1-23-9-19-31(36(5,6)27-11-15-29(16-12-27)38-25(3)40)33(21-23)43-35(42)44-34-22-24(2)10-20-32(34)37(7,8)28-13-17-30(18-14-28)39-26(4)41/h11-18,23-24,31-34H,9-10,19-22H2,1-8H3,(H,38,40)(H,39,41). The molecule has 2 saturated carbocycles. The van der Waals surface area contributed by atoms with Crippen molar-refractivity contribution in [2.24, 2.45) is 23.7 Å². The van der Waals surface area contributed by atoms with Crippen LogP contribution in [0.4, 0.5) is 16.2 Å². The number of carbonyl (C=O) groups is 3. The molecule has 44 heavy (non-hydrogen) atoms. The van der Waals surface area contributed by atoms with E-state index in [2.05, 4.69) is 76.4 Å². The summed E-state index contributed by atoms with van der Waals surface area (Å²) in [6.45, 7) is 16.4. The van der Waals surface area contributed by atoms with Crippen LogP contribution in [0, 0.1) is 23.7 Å². The van der Waals surface area contributed by atoms with Gasteiger partial charge in [-0.1, -0.05) is 78.6 Å². The molecular formula is C37H52N2O5. The Balaban J connectivity index is 1.49. The molecule has 0 aliphatic heterocycles. The molecular weight excluding hydrogens is 552 g/mol. The summed E-state index contributed by atoms with van der Waals surface area (Å²) < 4.78 is 12.5. The fourth-order valence-corrected chi connectivity index (χ4v) is 7.64. The van der Waals surface area contributed by atoms with E-state index in [0.29, 0.717) is 11.8 Å². The van der Waals surface area contributed by atoms with E-state index in [-0.39, 0.29) is 46.7 Å². The van der Waals surface area contributed by atoms with Crippen molar-refractivity contribution in [3.63, 3.8) is 0 Å². The lowest BCUT2D eigenvalue weighted by Gasteiger charge is -2.45. The minimum absolute atomic E-state index is 0.0943. The van der Waals surface area contributed by atoms with E-state index in [1.54, 1.807) is 0 Å². The Morgan fingerprint density at radius 2 is 0.955 bits per heavy atom. The van der Waals surface area contributed by atoms with Crippen LogP contribution >= 0.6 is 0 Å². The summed E-state index contributed by atoms with van der Waals surface area (Å²) in [7, 11) is 0. The van der Waals surface area contributed by atoms with Gasteiger partial charge in [0.1, 0.15) is 12.2 Å². The van der Waals surface area contributed by atoms with Gasteiger partial charge >= 0.3 is 6.16 Å². The first-order valence-electron chi connectivity index (χ1n) is 16.3. The predicted octanol–water partition coefficient (Wildman–Crippen LogP) is 8.62. The molecule has 0 heterocycles. The number of nitrogens with one attached hydrogen (secondary N) is 2. The van der Waals surface area contributed by atoms with Crippen LogP contribution in [0.2, 0.25) is 0 Å². The summed E-state index contributed by atoms with van der Waals surface area (Å²) in [6, 6.07) is 16.0. The zero-order valence-corrected chi connectivity index (χ0v) is 27.9. The van der Waals surface area contributed by atoms with Gasteiger partial charge in [-0.25, -0.2) is 4.79 Å². The number of amides is 2. The third kappa shape index (κ3) is 8.02. The quantitative estimate of drug-likeness (QED) is 0.294. The third-order valence-electron chi connectivity index (χ3n) is 10.4. The van der Waals surface area contributed by atoms with E-state index < -0.39 is 6.16 Å². The Hall–Kier alpha value is -3.35. The highest BCUT2D eigenvalue weighted by atomic mass is 16.7. The van der Waals surface area contributed by atoms with Crippen molar-refractivity contribution in [2.45, 2.75) is 117 Å². The van der Waals surface area contributed by atoms with Crippen LogP contribution in [-0.4, -0.2) is 30.2 Å². The van der Waals surface area contributed by atoms with E-state index in [0.717, 1.165) is 61.0 Å². The van der Waals surface area contributed by atoms with Gasteiger partial charge in [0.05, 0.1) is 0 Å². The van der Waals surface area contributed by atoms with Gasteiger partial charge in [-0.15, -0.1) is 0 Å². The number of benzene rings is 2. The maximum absolute atomic E-state index is 13.6. The molecule has 2 amide bonds. The average Bonchev–Trinajstić information content (AvgIpc) is 2.93. The lowest BCUT2D eigenvalue weighted by Crippen LogP contribution is -2.46. The molecule has 7 heteroatoms. The van der Waals surface area contributed by atoms with E-state index >= 15 is 0 Å². The zero-order chi connectivity index (χ0) is 32.2. The summed E-state index contributed by atoms with van der Waals surface area (Å²) in [5, 5.41) is 5.68. The molecule has 7 nitrogen and oxygen atoms in total. The minimum Gasteiger partial charge on any atom is -0.431 e. The molecule has 2 N–H and O–H groups in total. The van der Waals surface area contributed by atoms with Gasteiger partial charge in [0.15, 0.2) is 0 Å². The number of hydrogen-bond acceptors (Lipinski definition) is 5. The number of anilines is 2. The molecule has 4 rings (SSSR count). The second-order valence-electron chi connectivity index (χ2n) is 14.6. The van der Waals surface area contributed by atoms with Gasteiger partial charge in [0.2, 0.25) is 11.8 Å². The number of rotatable bonds is 8. The van der Waals surface area contributed by atoms with Crippen molar-refractivity contribution >= 4 is 29.3 Å². The highest BCUT2D eigenvalue weighted by Crippen LogP contribution is 2.46.